The molecule has 0 amide bonds. The maximum atomic E-state index is 13.7. The number of rotatable bonds is 8. The zero-order valence-corrected chi connectivity index (χ0v) is 11.4. The Morgan fingerprint density at radius 1 is 1.06 bits per heavy atom. The fraction of sp³-hybridized carbons (Fsp3) is 0.667. The van der Waals surface area contributed by atoms with Gasteiger partial charge in [-0.3, -0.25) is 4.98 Å². The molecule has 3 heteroatoms. The van der Waals surface area contributed by atoms with Crippen LogP contribution in [0.5, 0.6) is 0 Å². The SMILES string of the molecule is CCCCCC(CCCC)c1ncc(F)cc1F. The average Bonchev–Trinajstić information content (AvgIpc) is 2.34. The Bertz CT molecular complexity index is 352. The fourth-order valence-electron chi connectivity index (χ4n) is 2.23. The van der Waals surface area contributed by atoms with Gasteiger partial charge in [0.05, 0.1) is 11.9 Å². The maximum Gasteiger partial charge on any atom is 0.147 e. The van der Waals surface area contributed by atoms with Crippen molar-refractivity contribution in [3.8, 4) is 0 Å². The fourth-order valence-corrected chi connectivity index (χ4v) is 2.23. The highest BCUT2D eigenvalue weighted by molar-refractivity contribution is 5.13. The number of hydrogen-bond donors (Lipinski definition) is 0. The Hall–Kier alpha value is -0.990. The molecule has 0 aliphatic heterocycles. The number of halogens is 2. The van der Waals surface area contributed by atoms with E-state index in [1.54, 1.807) is 0 Å². The molecule has 1 aromatic rings. The summed E-state index contributed by atoms with van der Waals surface area (Å²) < 4.78 is 26.6. The van der Waals surface area contributed by atoms with Crippen molar-refractivity contribution >= 4 is 0 Å². The summed E-state index contributed by atoms with van der Waals surface area (Å²) in [6.45, 7) is 4.27. The molecular weight excluding hydrogens is 232 g/mol. The first-order valence-electron chi connectivity index (χ1n) is 7.00. The molecule has 0 spiro atoms. The topological polar surface area (TPSA) is 12.9 Å². The van der Waals surface area contributed by atoms with E-state index in [0.717, 1.165) is 57.2 Å². The largest absolute Gasteiger partial charge is 0.255 e. The van der Waals surface area contributed by atoms with E-state index in [0.29, 0.717) is 5.69 Å². The van der Waals surface area contributed by atoms with Crippen LogP contribution in [-0.2, 0) is 0 Å². The standard InChI is InChI=1S/C15H23F2N/c1-3-5-7-9-12(8-6-4-2)15-14(17)10-13(16)11-18-15/h10-12H,3-9H2,1-2H3. The molecule has 0 fully saturated rings. The Morgan fingerprint density at radius 3 is 2.33 bits per heavy atom. The summed E-state index contributed by atoms with van der Waals surface area (Å²) in [7, 11) is 0. The second kappa shape index (κ2) is 8.17. The maximum absolute atomic E-state index is 13.7. The summed E-state index contributed by atoms with van der Waals surface area (Å²) in [5.41, 5.74) is 0.445. The molecule has 0 aliphatic carbocycles. The van der Waals surface area contributed by atoms with Crippen LogP contribution in [0, 0.1) is 11.6 Å². The van der Waals surface area contributed by atoms with Gasteiger partial charge in [-0.15, -0.1) is 0 Å². The van der Waals surface area contributed by atoms with Crippen LogP contribution >= 0.6 is 0 Å². The molecule has 0 N–H and O–H groups in total. The molecule has 1 nitrogen and oxygen atoms in total. The molecule has 1 rings (SSSR count). The second-order valence-corrected chi connectivity index (χ2v) is 4.86. The van der Waals surface area contributed by atoms with Gasteiger partial charge in [0, 0.05) is 12.0 Å². The van der Waals surface area contributed by atoms with E-state index in [9.17, 15) is 8.78 Å². The summed E-state index contributed by atoms with van der Waals surface area (Å²) >= 11 is 0. The monoisotopic (exact) mass is 255 g/mol. The minimum atomic E-state index is -0.598. The van der Waals surface area contributed by atoms with Crippen molar-refractivity contribution in [2.45, 2.75) is 64.7 Å². The number of aromatic nitrogens is 1. The van der Waals surface area contributed by atoms with Gasteiger partial charge >= 0.3 is 0 Å². The molecule has 0 bridgehead atoms. The summed E-state index contributed by atoms with van der Waals surface area (Å²) in [6.07, 6.45) is 8.56. The third-order valence-electron chi connectivity index (χ3n) is 3.29. The van der Waals surface area contributed by atoms with Crippen molar-refractivity contribution in [3.63, 3.8) is 0 Å². The molecule has 18 heavy (non-hydrogen) atoms. The Kier molecular flexibility index (Phi) is 6.84. The van der Waals surface area contributed by atoms with E-state index in [1.807, 2.05) is 0 Å². The predicted molar refractivity (Wildman–Crippen MR) is 70.6 cm³/mol. The van der Waals surface area contributed by atoms with E-state index in [1.165, 1.54) is 0 Å². The molecular formula is C15H23F2N. The van der Waals surface area contributed by atoms with Crippen molar-refractivity contribution < 1.29 is 8.78 Å². The molecule has 0 aliphatic rings. The van der Waals surface area contributed by atoms with Crippen LogP contribution in [-0.4, -0.2) is 4.98 Å². The lowest BCUT2D eigenvalue weighted by atomic mass is 9.92. The number of unbranched alkanes of at least 4 members (excludes halogenated alkanes) is 3. The first-order valence-corrected chi connectivity index (χ1v) is 7.00. The normalized spacial score (nSPS) is 12.7. The number of hydrogen-bond acceptors (Lipinski definition) is 1. The number of pyridine rings is 1. The van der Waals surface area contributed by atoms with Crippen LogP contribution in [0.2, 0.25) is 0 Å². The first-order chi connectivity index (χ1) is 8.69. The molecule has 1 aromatic heterocycles. The summed E-state index contributed by atoms with van der Waals surface area (Å²) in [4.78, 5) is 3.96. The van der Waals surface area contributed by atoms with Gasteiger partial charge in [0.25, 0.3) is 0 Å². The third-order valence-corrected chi connectivity index (χ3v) is 3.29. The Labute approximate surface area is 109 Å². The zero-order valence-electron chi connectivity index (χ0n) is 11.4. The molecule has 1 unspecified atom stereocenters. The van der Waals surface area contributed by atoms with Crippen molar-refractivity contribution in [2.75, 3.05) is 0 Å². The van der Waals surface area contributed by atoms with E-state index >= 15 is 0 Å². The molecule has 0 saturated heterocycles. The van der Waals surface area contributed by atoms with Crippen LogP contribution < -0.4 is 0 Å². The van der Waals surface area contributed by atoms with Gasteiger partial charge in [-0.1, -0.05) is 46.0 Å². The zero-order chi connectivity index (χ0) is 13.4. The first kappa shape index (κ1) is 15.1. The van der Waals surface area contributed by atoms with Crippen LogP contribution in [0.4, 0.5) is 8.78 Å². The average molecular weight is 255 g/mol. The smallest absolute Gasteiger partial charge is 0.147 e. The molecule has 1 heterocycles. The van der Waals surface area contributed by atoms with Gasteiger partial charge in [-0.05, 0) is 12.8 Å². The van der Waals surface area contributed by atoms with Crippen molar-refractivity contribution in [2.24, 2.45) is 0 Å². The van der Waals surface area contributed by atoms with Crippen LogP contribution in [0.3, 0.4) is 0 Å². The molecule has 0 saturated carbocycles. The quantitative estimate of drug-likeness (QED) is 0.581. The van der Waals surface area contributed by atoms with E-state index < -0.39 is 11.6 Å². The molecule has 102 valence electrons. The predicted octanol–water partition coefficient (Wildman–Crippen LogP) is 5.21. The van der Waals surface area contributed by atoms with Gasteiger partial charge in [0.2, 0.25) is 0 Å². The van der Waals surface area contributed by atoms with E-state index in [4.69, 9.17) is 0 Å². The number of nitrogens with zero attached hydrogens (tertiary/aromatic N) is 1. The van der Waals surface area contributed by atoms with Gasteiger partial charge in [0.1, 0.15) is 11.6 Å². The highest BCUT2D eigenvalue weighted by Gasteiger charge is 2.17. The van der Waals surface area contributed by atoms with Gasteiger partial charge in [0.15, 0.2) is 0 Å². The third kappa shape index (κ3) is 4.71. The van der Waals surface area contributed by atoms with Gasteiger partial charge in [-0.2, -0.15) is 0 Å². The van der Waals surface area contributed by atoms with Crippen LogP contribution in [0.15, 0.2) is 12.3 Å². The van der Waals surface area contributed by atoms with Crippen molar-refractivity contribution in [3.05, 3.63) is 29.6 Å². The van der Waals surface area contributed by atoms with Crippen molar-refractivity contribution in [1.82, 2.24) is 4.98 Å². The Balaban J connectivity index is 2.73. The highest BCUT2D eigenvalue weighted by atomic mass is 19.1. The van der Waals surface area contributed by atoms with Crippen LogP contribution in [0.1, 0.15) is 70.4 Å². The minimum Gasteiger partial charge on any atom is -0.255 e. The second-order valence-electron chi connectivity index (χ2n) is 4.86. The highest BCUT2D eigenvalue weighted by Crippen LogP contribution is 2.28. The van der Waals surface area contributed by atoms with Crippen LogP contribution in [0.25, 0.3) is 0 Å². The molecule has 0 aromatic carbocycles. The lowest BCUT2D eigenvalue weighted by Crippen LogP contribution is -2.06. The molecule has 0 radical (unpaired) electrons. The van der Waals surface area contributed by atoms with Gasteiger partial charge < -0.3 is 0 Å². The lowest BCUT2D eigenvalue weighted by Gasteiger charge is -2.16. The summed E-state index contributed by atoms with van der Waals surface area (Å²) in [6, 6.07) is 0.946. The molecule has 1 atom stereocenters. The van der Waals surface area contributed by atoms with E-state index in [2.05, 4.69) is 18.8 Å². The Morgan fingerprint density at radius 2 is 1.72 bits per heavy atom. The lowest BCUT2D eigenvalue weighted by molar-refractivity contribution is 0.470. The van der Waals surface area contributed by atoms with E-state index in [-0.39, 0.29) is 5.92 Å². The summed E-state index contributed by atoms with van der Waals surface area (Å²) in [5, 5.41) is 0. The van der Waals surface area contributed by atoms with Crippen molar-refractivity contribution in [1.29, 1.82) is 0 Å². The minimum absolute atomic E-state index is 0.136. The van der Waals surface area contributed by atoms with Gasteiger partial charge in [-0.25, -0.2) is 8.78 Å². The summed E-state index contributed by atoms with van der Waals surface area (Å²) in [5.74, 6) is -0.955.